The molecule has 108 valence electrons. The Bertz CT molecular complexity index is 535. The standard InChI is InChI=1S/C14H15ClFNO3/c15-8-5-6-12(11(16)7-8)17-13(18)9-3-1-2-4-10(9)14(19)20/h5-7,9-10H,1-4H2,(H,17,18)(H,19,20)/t9-,10-/m0/s1. The quantitative estimate of drug-likeness (QED) is 0.900. The first-order chi connectivity index (χ1) is 9.49. The Kier molecular flexibility index (Phi) is 4.60. The summed E-state index contributed by atoms with van der Waals surface area (Å²) < 4.78 is 13.6. The van der Waals surface area contributed by atoms with Crippen molar-refractivity contribution in [3.8, 4) is 0 Å². The number of benzene rings is 1. The SMILES string of the molecule is O=C(O)[C@H]1CCCC[C@@H]1C(=O)Nc1ccc(Cl)cc1F. The monoisotopic (exact) mass is 299 g/mol. The van der Waals surface area contributed by atoms with E-state index < -0.39 is 29.5 Å². The molecule has 20 heavy (non-hydrogen) atoms. The summed E-state index contributed by atoms with van der Waals surface area (Å²) >= 11 is 5.64. The van der Waals surface area contributed by atoms with E-state index in [1.165, 1.54) is 12.1 Å². The number of rotatable bonds is 3. The Morgan fingerprint density at radius 1 is 1.25 bits per heavy atom. The van der Waals surface area contributed by atoms with Crippen LogP contribution in [0.15, 0.2) is 18.2 Å². The molecule has 6 heteroatoms. The van der Waals surface area contributed by atoms with E-state index >= 15 is 0 Å². The Morgan fingerprint density at radius 3 is 2.50 bits per heavy atom. The zero-order valence-electron chi connectivity index (χ0n) is 10.7. The number of aliphatic carboxylic acids is 1. The molecule has 0 aromatic heterocycles. The first kappa shape index (κ1) is 14.8. The Balaban J connectivity index is 2.12. The van der Waals surface area contributed by atoms with Crippen LogP contribution in [0.2, 0.25) is 5.02 Å². The predicted molar refractivity (Wildman–Crippen MR) is 73.1 cm³/mol. The largest absolute Gasteiger partial charge is 0.481 e. The maximum atomic E-state index is 13.6. The third-order valence-corrected chi connectivity index (χ3v) is 3.84. The Morgan fingerprint density at radius 2 is 1.90 bits per heavy atom. The van der Waals surface area contributed by atoms with Gasteiger partial charge in [-0.15, -0.1) is 0 Å². The van der Waals surface area contributed by atoms with Gasteiger partial charge in [-0.2, -0.15) is 0 Å². The van der Waals surface area contributed by atoms with Gasteiger partial charge in [0.15, 0.2) is 0 Å². The molecular formula is C14H15ClFNO3. The lowest BCUT2D eigenvalue weighted by atomic mass is 9.78. The fraction of sp³-hybridized carbons (Fsp3) is 0.429. The van der Waals surface area contributed by atoms with Crippen LogP contribution in [0.25, 0.3) is 0 Å². The van der Waals surface area contributed by atoms with Crippen molar-refractivity contribution in [2.24, 2.45) is 11.8 Å². The van der Waals surface area contributed by atoms with Crippen LogP contribution in [0.5, 0.6) is 0 Å². The number of carbonyl (C=O) groups excluding carboxylic acids is 1. The molecule has 0 spiro atoms. The number of halogens is 2. The van der Waals surface area contributed by atoms with Crippen molar-refractivity contribution >= 4 is 29.2 Å². The van der Waals surface area contributed by atoms with Crippen LogP contribution >= 0.6 is 11.6 Å². The van der Waals surface area contributed by atoms with Crippen molar-refractivity contribution in [2.45, 2.75) is 25.7 Å². The molecule has 4 nitrogen and oxygen atoms in total. The van der Waals surface area contributed by atoms with Crippen LogP contribution in [0.1, 0.15) is 25.7 Å². The Hall–Kier alpha value is -1.62. The van der Waals surface area contributed by atoms with E-state index in [1.54, 1.807) is 0 Å². The van der Waals surface area contributed by atoms with Crippen molar-refractivity contribution in [1.82, 2.24) is 0 Å². The molecule has 0 aliphatic heterocycles. The molecule has 1 aliphatic rings. The fourth-order valence-electron chi connectivity index (χ4n) is 2.56. The maximum Gasteiger partial charge on any atom is 0.307 e. The number of anilines is 1. The molecule has 1 fully saturated rings. The normalized spacial score (nSPS) is 22.3. The van der Waals surface area contributed by atoms with Gasteiger partial charge in [-0.25, -0.2) is 4.39 Å². The maximum absolute atomic E-state index is 13.6. The van der Waals surface area contributed by atoms with Gasteiger partial charge in [-0.05, 0) is 31.0 Å². The minimum absolute atomic E-state index is 0.0223. The van der Waals surface area contributed by atoms with Crippen molar-refractivity contribution in [3.63, 3.8) is 0 Å². The third kappa shape index (κ3) is 3.28. The summed E-state index contributed by atoms with van der Waals surface area (Å²) in [5, 5.41) is 11.8. The first-order valence-electron chi connectivity index (χ1n) is 6.48. The van der Waals surface area contributed by atoms with Crippen molar-refractivity contribution in [3.05, 3.63) is 29.0 Å². The molecule has 1 aliphatic carbocycles. The molecule has 2 rings (SSSR count). The first-order valence-corrected chi connectivity index (χ1v) is 6.85. The smallest absolute Gasteiger partial charge is 0.307 e. The second-order valence-electron chi connectivity index (χ2n) is 4.95. The van der Waals surface area contributed by atoms with E-state index in [2.05, 4.69) is 5.32 Å². The van der Waals surface area contributed by atoms with Crippen molar-refractivity contribution < 1.29 is 19.1 Å². The summed E-state index contributed by atoms with van der Waals surface area (Å²) in [6, 6.07) is 3.94. The van der Waals surface area contributed by atoms with Gasteiger partial charge in [-0.1, -0.05) is 24.4 Å². The molecule has 1 aromatic rings. The summed E-state index contributed by atoms with van der Waals surface area (Å²) in [4.78, 5) is 23.3. The molecule has 0 bridgehead atoms. The summed E-state index contributed by atoms with van der Waals surface area (Å²) in [5.41, 5.74) is 0.0223. The highest BCUT2D eigenvalue weighted by molar-refractivity contribution is 6.30. The number of amides is 1. The number of carboxylic acids is 1. The second kappa shape index (κ2) is 6.22. The van der Waals surface area contributed by atoms with E-state index in [1.807, 2.05) is 0 Å². The Labute approximate surface area is 120 Å². The van der Waals surface area contributed by atoms with Gasteiger partial charge in [0, 0.05) is 5.02 Å². The zero-order chi connectivity index (χ0) is 14.7. The summed E-state index contributed by atoms with van der Waals surface area (Å²) in [6.45, 7) is 0. The van der Waals surface area contributed by atoms with Crippen molar-refractivity contribution in [2.75, 3.05) is 5.32 Å². The third-order valence-electron chi connectivity index (χ3n) is 3.61. The van der Waals surface area contributed by atoms with Crippen LogP contribution in [-0.2, 0) is 9.59 Å². The molecule has 1 aromatic carbocycles. The average molecular weight is 300 g/mol. The van der Waals surface area contributed by atoms with E-state index in [-0.39, 0.29) is 10.7 Å². The minimum Gasteiger partial charge on any atom is -0.481 e. The van der Waals surface area contributed by atoms with E-state index in [0.717, 1.165) is 18.9 Å². The summed E-state index contributed by atoms with van der Waals surface area (Å²) in [5.74, 6) is -3.36. The van der Waals surface area contributed by atoms with Crippen LogP contribution in [0, 0.1) is 17.7 Å². The van der Waals surface area contributed by atoms with Gasteiger partial charge < -0.3 is 10.4 Å². The predicted octanol–water partition coefficient (Wildman–Crippen LogP) is 3.31. The van der Waals surface area contributed by atoms with Gasteiger partial charge in [0.1, 0.15) is 5.82 Å². The molecule has 1 saturated carbocycles. The molecule has 0 heterocycles. The van der Waals surface area contributed by atoms with Gasteiger partial charge in [0.2, 0.25) is 5.91 Å². The van der Waals surface area contributed by atoms with Crippen LogP contribution in [0.3, 0.4) is 0 Å². The number of hydrogen-bond acceptors (Lipinski definition) is 2. The number of nitrogens with one attached hydrogen (secondary N) is 1. The fourth-order valence-corrected chi connectivity index (χ4v) is 2.72. The van der Waals surface area contributed by atoms with Gasteiger partial charge in [0.05, 0.1) is 17.5 Å². The highest BCUT2D eigenvalue weighted by atomic mass is 35.5. The van der Waals surface area contributed by atoms with Gasteiger partial charge in [0.25, 0.3) is 0 Å². The lowest BCUT2D eigenvalue weighted by Crippen LogP contribution is -2.36. The van der Waals surface area contributed by atoms with Gasteiger partial charge in [-0.3, -0.25) is 9.59 Å². The van der Waals surface area contributed by atoms with Gasteiger partial charge >= 0.3 is 5.97 Å². The minimum atomic E-state index is -0.971. The molecule has 1 amide bonds. The van der Waals surface area contributed by atoms with E-state index in [9.17, 15) is 14.0 Å². The number of carboxylic acid groups (broad SMARTS) is 1. The van der Waals surface area contributed by atoms with E-state index in [0.29, 0.717) is 12.8 Å². The highest BCUT2D eigenvalue weighted by Crippen LogP contribution is 2.31. The van der Waals surface area contributed by atoms with Crippen LogP contribution in [0.4, 0.5) is 10.1 Å². The summed E-state index contributed by atoms with van der Waals surface area (Å²) in [7, 11) is 0. The molecule has 2 atom stereocenters. The number of carbonyl (C=O) groups is 2. The lowest BCUT2D eigenvalue weighted by molar-refractivity contribution is -0.147. The van der Waals surface area contributed by atoms with Crippen LogP contribution in [-0.4, -0.2) is 17.0 Å². The number of hydrogen-bond donors (Lipinski definition) is 2. The van der Waals surface area contributed by atoms with Crippen molar-refractivity contribution in [1.29, 1.82) is 0 Å². The van der Waals surface area contributed by atoms with E-state index in [4.69, 9.17) is 16.7 Å². The highest BCUT2D eigenvalue weighted by Gasteiger charge is 2.35. The average Bonchev–Trinajstić information content (AvgIpc) is 2.41. The molecule has 2 N–H and O–H groups in total. The summed E-state index contributed by atoms with van der Waals surface area (Å²) in [6.07, 6.45) is 2.61. The van der Waals surface area contributed by atoms with Crippen LogP contribution < -0.4 is 5.32 Å². The molecule has 0 unspecified atom stereocenters. The molecule has 0 saturated heterocycles. The topological polar surface area (TPSA) is 66.4 Å². The molecule has 0 radical (unpaired) electrons. The molecular weight excluding hydrogens is 285 g/mol. The lowest BCUT2D eigenvalue weighted by Gasteiger charge is -2.27. The second-order valence-corrected chi connectivity index (χ2v) is 5.39. The zero-order valence-corrected chi connectivity index (χ0v) is 11.5.